The maximum absolute atomic E-state index is 12.6. The predicted octanol–water partition coefficient (Wildman–Crippen LogP) is 3.76. The lowest BCUT2D eigenvalue weighted by Gasteiger charge is -2.43. The number of aliphatic carboxylic acids is 1. The molecular formula is C25H25F3N2O4. The normalized spacial score (nSPS) is 20.3. The van der Waals surface area contributed by atoms with Gasteiger partial charge < -0.3 is 20.1 Å². The number of nitrogens with zero attached hydrogens (tertiary/aromatic N) is 1. The molecule has 2 aromatic rings. The Hall–Kier alpha value is -3.33. The number of carboxylic acid groups (broad SMARTS) is 1. The molecule has 6 nitrogen and oxygen atoms in total. The third-order valence-corrected chi connectivity index (χ3v) is 6.22. The Morgan fingerprint density at radius 2 is 1.76 bits per heavy atom. The first-order chi connectivity index (χ1) is 16.1. The number of hydrogen-bond acceptors (Lipinski definition) is 4. The van der Waals surface area contributed by atoms with E-state index in [1.54, 1.807) is 4.90 Å². The van der Waals surface area contributed by atoms with Gasteiger partial charge in [-0.3, -0.25) is 4.79 Å². The van der Waals surface area contributed by atoms with E-state index in [0.29, 0.717) is 43.9 Å². The largest absolute Gasteiger partial charge is 0.493 e. The van der Waals surface area contributed by atoms with Gasteiger partial charge in [-0.05, 0) is 47.4 Å². The number of halogens is 3. The van der Waals surface area contributed by atoms with Crippen molar-refractivity contribution in [1.82, 2.24) is 10.2 Å². The van der Waals surface area contributed by atoms with Gasteiger partial charge in [0, 0.05) is 32.5 Å². The van der Waals surface area contributed by atoms with Gasteiger partial charge in [0.1, 0.15) is 5.75 Å². The molecule has 2 aromatic carbocycles. The highest BCUT2D eigenvalue weighted by Crippen LogP contribution is 2.33. The van der Waals surface area contributed by atoms with Crippen molar-refractivity contribution < 1.29 is 32.6 Å². The van der Waals surface area contributed by atoms with Crippen LogP contribution in [0.3, 0.4) is 0 Å². The minimum absolute atomic E-state index is 0.00226. The van der Waals surface area contributed by atoms with E-state index in [0.717, 1.165) is 28.8 Å². The number of alkyl halides is 3. The Kier molecular flexibility index (Phi) is 6.65. The van der Waals surface area contributed by atoms with Crippen molar-refractivity contribution in [2.24, 2.45) is 0 Å². The van der Waals surface area contributed by atoms with Crippen LogP contribution in [-0.2, 0) is 22.2 Å². The molecule has 2 bridgehead atoms. The average molecular weight is 474 g/mol. The summed E-state index contributed by atoms with van der Waals surface area (Å²) < 4.78 is 43.5. The van der Waals surface area contributed by atoms with Gasteiger partial charge in [0.15, 0.2) is 0 Å². The minimum atomic E-state index is -4.38. The molecule has 0 saturated carbocycles. The van der Waals surface area contributed by atoms with E-state index in [4.69, 9.17) is 4.74 Å². The van der Waals surface area contributed by atoms with Crippen LogP contribution in [0.15, 0.2) is 54.1 Å². The number of hydrogen-bond donors (Lipinski definition) is 2. The molecule has 0 radical (unpaired) electrons. The molecule has 2 N–H and O–H groups in total. The van der Waals surface area contributed by atoms with Gasteiger partial charge in [0.25, 0.3) is 0 Å². The standard InChI is InChI=1S/C25H25F3N2O4/c1-15(31)30-13-19-12-21(23(24(32)33)22(14-30)29-19)17-4-2-16(3-5-17)10-11-34-20-8-6-18(7-9-20)25(26,27)28/h2-9,19,22,29H,10-14H2,1H3,(H,32,33). The van der Waals surface area contributed by atoms with E-state index >= 15 is 0 Å². The molecule has 1 amide bonds. The fourth-order valence-corrected chi connectivity index (χ4v) is 4.52. The van der Waals surface area contributed by atoms with E-state index in [9.17, 15) is 27.9 Å². The lowest BCUT2D eigenvalue weighted by Crippen LogP contribution is -2.61. The molecule has 2 aliphatic rings. The van der Waals surface area contributed by atoms with Crippen LogP contribution in [0.5, 0.6) is 5.75 Å². The second-order valence-corrected chi connectivity index (χ2v) is 8.56. The number of nitrogens with one attached hydrogen (secondary N) is 1. The summed E-state index contributed by atoms with van der Waals surface area (Å²) in [4.78, 5) is 25.5. The molecule has 180 valence electrons. The fraction of sp³-hybridized carbons (Fsp3) is 0.360. The summed E-state index contributed by atoms with van der Waals surface area (Å²) in [6.07, 6.45) is -3.32. The Morgan fingerprint density at radius 1 is 1.09 bits per heavy atom. The smallest absolute Gasteiger partial charge is 0.416 e. The molecular weight excluding hydrogens is 449 g/mol. The number of carbonyl (C=O) groups excluding carboxylic acids is 1. The van der Waals surface area contributed by atoms with Gasteiger partial charge >= 0.3 is 12.1 Å². The van der Waals surface area contributed by atoms with Crippen LogP contribution in [0.25, 0.3) is 5.57 Å². The number of carboxylic acids is 1. The summed E-state index contributed by atoms with van der Waals surface area (Å²) >= 11 is 0. The van der Waals surface area contributed by atoms with Crippen LogP contribution in [0, 0.1) is 0 Å². The number of amides is 1. The molecule has 4 rings (SSSR count). The van der Waals surface area contributed by atoms with E-state index < -0.39 is 23.8 Å². The van der Waals surface area contributed by atoms with Crippen LogP contribution >= 0.6 is 0 Å². The Morgan fingerprint density at radius 3 is 2.35 bits per heavy atom. The van der Waals surface area contributed by atoms with Crippen molar-refractivity contribution in [3.8, 4) is 5.75 Å². The third-order valence-electron chi connectivity index (χ3n) is 6.22. The number of piperazine rings is 1. The Labute approximate surface area is 195 Å². The first-order valence-corrected chi connectivity index (χ1v) is 11.0. The first-order valence-electron chi connectivity index (χ1n) is 11.0. The van der Waals surface area contributed by atoms with Crippen molar-refractivity contribution in [3.63, 3.8) is 0 Å². The Bertz CT molecular complexity index is 1090. The molecule has 2 aliphatic heterocycles. The zero-order valence-electron chi connectivity index (χ0n) is 18.6. The molecule has 0 aromatic heterocycles. The van der Waals surface area contributed by atoms with Gasteiger partial charge in [-0.25, -0.2) is 4.79 Å². The van der Waals surface area contributed by atoms with E-state index in [2.05, 4.69) is 5.32 Å². The molecule has 1 saturated heterocycles. The molecule has 0 spiro atoms. The molecule has 0 aliphatic carbocycles. The second kappa shape index (κ2) is 9.50. The number of carbonyl (C=O) groups is 2. The van der Waals surface area contributed by atoms with Gasteiger partial charge in [-0.15, -0.1) is 0 Å². The number of fused-ring (bicyclic) bond motifs is 2. The highest BCUT2D eigenvalue weighted by atomic mass is 19.4. The topological polar surface area (TPSA) is 78.9 Å². The maximum atomic E-state index is 12.6. The molecule has 34 heavy (non-hydrogen) atoms. The maximum Gasteiger partial charge on any atom is 0.416 e. The van der Waals surface area contributed by atoms with Crippen LogP contribution < -0.4 is 10.1 Å². The van der Waals surface area contributed by atoms with Crippen LogP contribution in [0.2, 0.25) is 0 Å². The van der Waals surface area contributed by atoms with Gasteiger partial charge in [0.2, 0.25) is 5.91 Å². The van der Waals surface area contributed by atoms with Crippen LogP contribution in [-0.4, -0.2) is 53.7 Å². The SMILES string of the molecule is CC(=O)N1CC2CC(c3ccc(CCOc4ccc(C(F)(F)F)cc4)cc3)=C(C(=O)O)C(C1)N2. The van der Waals surface area contributed by atoms with Crippen LogP contribution in [0.4, 0.5) is 13.2 Å². The van der Waals surface area contributed by atoms with Crippen molar-refractivity contribution in [3.05, 3.63) is 70.8 Å². The van der Waals surface area contributed by atoms with Gasteiger partial charge in [-0.2, -0.15) is 13.2 Å². The summed E-state index contributed by atoms with van der Waals surface area (Å²) in [6.45, 7) is 2.66. The molecule has 2 atom stereocenters. The fourth-order valence-electron chi connectivity index (χ4n) is 4.52. The lowest BCUT2D eigenvalue weighted by atomic mass is 9.83. The summed E-state index contributed by atoms with van der Waals surface area (Å²) in [6, 6.07) is 11.7. The number of ether oxygens (including phenoxy) is 1. The zero-order chi connectivity index (χ0) is 24.5. The minimum Gasteiger partial charge on any atom is -0.493 e. The number of rotatable bonds is 6. The summed E-state index contributed by atoms with van der Waals surface area (Å²) in [5, 5.41) is 13.2. The van der Waals surface area contributed by atoms with Crippen molar-refractivity contribution in [1.29, 1.82) is 0 Å². The van der Waals surface area contributed by atoms with Crippen molar-refractivity contribution >= 4 is 17.4 Å². The van der Waals surface area contributed by atoms with Crippen LogP contribution in [0.1, 0.15) is 30.0 Å². The monoisotopic (exact) mass is 474 g/mol. The van der Waals surface area contributed by atoms with E-state index in [1.165, 1.54) is 19.1 Å². The molecule has 9 heteroatoms. The first kappa shape index (κ1) is 23.8. The predicted molar refractivity (Wildman–Crippen MR) is 119 cm³/mol. The van der Waals surface area contributed by atoms with Gasteiger partial charge in [-0.1, -0.05) is 24.3 Å². The quantitative estimate of drug-likeness (QED) is 0.667. The summed E-state index contributed by atoms with van der Waals surface area (Å²) in [7, 11) is 0. The number of benzene rings is 2. The summed E-state index contributed by atoms with van der Waals surface area (Å²) in [5.41, 5.74) is 2.14. The van der Waals surface area contributed by atoms with Crippen molar-refractivity contribution in [2.75, 3.05) is 19.7 Å². The van der Waals surface area contributed by atoms with Crippen molar-refractivity contribution in [2.45, 2.75) is 38.0 Å². The molecule has 2 heterocycles. The summed E-state index contributed by atoms with van der Waals surface area (Å²) in [5.74, 6) is -0.695. The second-order valence-electron chi connectivity index (χ2n) is 8.56. The highest BCUT2D eigenvalue weighted by Gasteiger charge is 2.39. The zero-order valence-corrected chi connectivity index (χ0v) is 18.6. The Balaban J connectivity index is 1.42. The van der Waals surface area contributed by atoms with E-state index in [-0.39, 0.29) is 11.9 Å². The van der Waals surface area contributed by atoms with E-state index in [1.807, 2.05) is 24.3 Å². The third kappa shape index (κ3) is 5.25. The lowest BCUT2D eigenvalue weighted by molar-refractivity contribution is -0.137. The van der Waals surface area contributed by atoms with Gasteiger partial charge in [0.05, 0.1) is 23.8 Å². The molecule has 1 fully saturated rings. The molecule has 2 unspecified atom stereocenters. The average Bonchev–Trinajstić information content (AvgIpc) is 2.78. The highest BCUT2D eigenvalue weighted by molar-refractivity contribution is 5.98.